The van der Waals surface area contributed by atoms with E-state index in [1.165, 1.54) is 5.56 Å². The van der Waals surface area contributed by atoms with E-state index in [0.29, 0.717) is 25.3 Å². The lowest BCUT2D eigenvalue weighted by Gasteiger charge is -2.42. The summed E-state index contributed by atoms with van der Waals surface area (Å²) >= 11 is 5.82. The molecule has 1 N–H and O–H groups in total. The second kappa shape index (κ2) is 14.6. The van der Waals surface area contributed by atoms with Crippen LogP contribution in [0.3, 0.4) is 0 Å². The van der Waals surface area contributed by atoms with Gasteiger partial charge in [-0.15, -0.1) is 0 Å². The molecule has 1 unspecified atom stereocenters. The van der Waals surface area contributed by atoms with Crippen molar-refractivity contribution in [1.82, 2.24) is 15.1 Å². The number of nitrogens with one attached hydrogen (secondary N) is 1. The molecule has 0 bridgehead atoms. The quantitative estimate of drug-likeness (QED) is 0.439. The predicted octanol–water partition coefficient (Wildman–Crippen LogP) is 4.98. The summed E-state index contributed by atoms with van der Waals surface area (Å²) in [6.45, 7) is 16.4. The number of halogens is 1. The minimum absolute atomic E-state index is 0.0144. The molecule has 1 aromatic rings. The van der Waals surface area contributed by atoms with E-state index in [9.17, 15) is 9.59 Å². The summed E-state index contributed by atoms with van der Waals surface area (Å²) in [4.78, 5) is 27.9. The van der Waals surface area contributed by atoms with E-state index in [-0.39, 0.29) is 17.7 Å². The fourth-order valence-corrected chi connectivity index (χ4v) is 3.80. The van der Waals surface area contributed by atoms with Gasteiger partial charge in [0.15, 0.2) is 5.78 Å². The number of aryl methyl sites for hydroxylation is 1. The molecule has 32 heavy (non-hydrogen) atoms. The first-order chi connectivity index (χ1) is 15.3. The van der Waals surface area contributed by atoms with Crippen LogP contribution in [0.2, 0.25) is 5.02 Å². The molecule has 6 heteroatoms. The van der Waals surface area contributed by atoms with E-state index < -0.39 is 0 Å². The number of carbonyl (C=O) groups is 2. The number of amides is 1. The normalized spacial score (nSPS) is 16.8. The van der Waals surface area contributed by atoms with Gasteiger partial charge >= 0.3 is 0 Å². The van der Waals surface area contributed by atoms with Crippen molar-refractivity contribution in [1.29, 1.82) is 0 Å². The van der Waals surface area contributed by atoms with Crippen LogP contribution < -0.4 is 5.32 Å². The van der Waals surface area contributed by atoms with Gasteiger partial charge in [0.05, 0.1) is 12.2 Å². The molecule has 0 aromatic heterocycles. The number of rotatable bonds is 8. The van der Waals surface area contributed by atoms with Crippen LogP contribution in [0.15, 0.2) is 60.5 Å². The van der Waals surface area contributed by atoms with Crippen molar-refractivity contribution >= 4 is 23.3 Å². The van der Waals surface area contributed by atoms with E-state index >= 15 is 0 Å². The molecule has 176 valence electrons. The molecule has 1 heterocycles. The van der Waals surface area contributed by atoms with E-state index in [1.54, 1.807) is 17.9 Å². The Hall–Kier alpha value is -2.37. The van der Waals surface area contributed by atoms with Crippen molar-refractivity contribution in [3.8, 4) is 0 Å². The Labute approximate surface area is 198 Å². The highest BCUT2D eigenvalue weighted by atomic mass is 35.5. The van der Waals surface area contributed by atoms with Gasteiger partial charge in [0, 0.05) is 42.9 Å². The summed E-state index contributed by atoms with van der Waals surface area (Å²) in [5.74, 6) is 0.0181. The van der Waals surface area contributed by atoms with Crippen LogP contribution in [0.1, 0.15) is 46.6 Å². The van der Waals surface area contributed by atoms with Crippen molar-refractivity contribution in [2.45, 2.75) is 53.5 Å². The zero-order chi connectivity index (χ0) is 24.1. The van der Waals surface area contributed by atoms with Crippen molar-refractivity contribution in [2.75, 3.05) is 26.2 Å². The number of benzene rings is 1. The lowest BCUT2D eigenvalue weighted by atomic mass is 10.1. The number of likely N-dealkylation sites (N-methyl/N-ethyl adjacent to an activating group) is 1. The monoisotopic (exact) mass is 459 g/mol. The second-order valence-electron chi connectivity index (χ2n) is 7.71. The maximum atomic E-state index is 12.3. The van der Waals surface area contributed by atoms with Gasteiger partial charge in [-0.2, -0.15) is 0 Å². The molecular formula is C26H38ClN3O2. The zero-order valence-electron chi connectivity index (χ0n) is 20.2. The molecule has 1 saturated heterocycles. The fraction of sp³-hybridized carbons (Fsp3) is 0.462. The summed E-state index contributed by atoms with van der Waals surface area (Å²) in [6.07, 6.45) is 7.18. The molecule has 0 spiro atoms. The number of ketones is 1. The first-order valence-corrected chi connectivity index (χ1v) is 11.7. The summed E-state index contributed by atoms with van der Waals surface area (Å²) < 4.78 is 0. The summed E-state index contributed by atoms with van der Waals surface area (Å²) in [6, 6.07) is 7.94. The Morgan fingerprint density at radius 1 is 1.25 bits per heavy atom. The third kappa shape index (κ3) is 8.64. The fourth-order valence-electron chi connectivity index (χ4n) is 3.53. The molecule has 1 aliphatic heterocycles. The molecule has 1 fully saturated rings. The number of Topliss-reactive ketones (excluding diaryl/α,β-unsaturated/α-hetero) is 1. The van der Waals surface area contributed by atoms with Crippen molar-refractivity contribution in [3.63, 3.8) is 0 Å². The lowest BCUT2D eigenvalue weighted by molar-refractivity contribution is -0.127. The van der Waals surface area contributed by atoms with Gasteiger partial charge < -0.3 is 15.1 Å². The van der Waals surface area contributed by atoms with E-state index in [1.807, 2.05) is 62.1 Å². The number of hydrogen-bond donors (Lipinski definition) is 1. The third-order valence-electron chi connectivity index (χ3n) is 5.08. The van der Waals surface area contributed by atoms with Crippen LogP contribution in [-0.2, 0) is 16.0 Å². The summed E-state index contributed by atoms with van der Waals surface area (Å²) in [5.41, 5.74) is 2.69. The average molecular weight is 460 g/mol. The Bertz CT molecular complexity index is 832. The smallest absolute Gasteiger partial charge is 0.246 e. The van der Waals surface area contributed by atoms with Gasteiger partial charge in [0.1, 0.15) is 0 Å². The Kier molecular flexibility index (Phi) is 12.7. The largest absolute Gasteiger partial charge is 0.337 e. The Balaban J connectivity index is 0.000000471. The minimum Gasteiger partial charge on any atom is -0.337 e. The van der Waals surface area contributed by atoms with Crippen molar-refractivity contribution in [3.05, 3.63) is 71.1 Å². The number of carbonyl (C=O) groups excluding carboxylic acids is 2. The first-order valence-electron chi connectivity index (χ1n) is 11.3. The van der Waals surface area contributed by atoms with Gasteiger partial charge in [-0.25, -0.2) is 0 Å². The molecule has 1 aromatic carbocycles. The van der Waals surface area contributed by atoms with Crippen molar-refractivity contribution < 1.29 is 9.59 Å². The van der Waals surface area contributed by atoms with Gasteiger partial charge in [-0.3, -0.25) is 9.59 Å². The van der Waals surface area contributed by atoms with Gasteiger partial charge in [0.25, 0.3) is 0 Å². The molecule has 0 saturated carbocycles. The maximum absolute atomic E-state index is 12.3. The molecule has 0 aliphatic carbocycles. The van der Waals surface area contributed by atoms with Gasteiger partial charge in [0.2, 0.25) is 5.91 Å². The molecule has 5 nitrogen and oxygen atoms in total. The molecule has 1 aliphatic rings. The predicted molar refractivity (Wildman–Crippen MR) is 135 cm³/mol. The third-order valence-corrected chi connectivity index (χ3v) is 5.45. The highest BCUT2D eigenvalue weighted by Gasteiger charge is 2.31. The van der Waals surface area contributed by atoms with E-state index in [0.717, 1.165) is 30.1 Å². The lowest BCUT2D eigenvalue weighted by Crippen LogP contribution is -2.51. The van der Waals surface area contributed by atoms with Gasteiger partial charge in [-0.05, 0) is 37.9 Å². The topological polar surface area (TPSA) is 52.7 Å². The molecule has 1 amide bonds. The Morgan fingerprint density at radius 3 is 2.44 bits per heavy atom. The van der Waals surface area contributed by atoms with Crippen LogP contribution in [0, 0.1) is 0 Å². The number of hydrogen-bond acceptors (Lipinski definition) is 4. The number of allylic oxidation sites excluding steroid dienone is 2. The van der Waals surface area contributed by atoms with Crippen LogP contribution in [0.25, 0.3) is 0 Å². The summed E-state index contributed by atoms with van der Waals surface area (Å²) in [5, 5.41) is 4.02. The van der Waals surface area contributed by atoms with Crippen LogP contribution in [0.4, 0.5) is 0 Å². The SMILES string of the molecule is C=C1CN(C(=O)/C=C/CNCC)CC(C)N1/C(=C\CC)C(C)=O.CCc1ccccc1Cl. The summed E-state index contributed by atoms with van der Waals surface area (Å²) in [7, 11) is 0. The molecule has 1 atom stereocenters. The van der Waals surface area contributed by atoms with E-state index in [4.69, 9.17) is 11.6 Å². The minimum atomic E-state index is -0.0144. The molecular weight excluding hydrogens is 422 g/mol. The Morgan fingerprint density at radius 2 is 1.94 bits per heavy atom. The number of piperazine rings is 1. The molecule has 0 radical (unpaired) electrons. The average Bonchev–Trinajstić information content (AvgIpc) is 2.76. The molecule has 2 rings (SSSR count). The first kappa shape index (κ1) is 27.7. The van der Waals surface area contributed by atoms with Crippen LogP contribution in [-0.4, -0.2) is 53.7 Å². The highest BCUT2D eigenvalue weighted by Crippen LogP contribution is 2.24. The maximum Gasteiger partial charge on any atom is 0.246 e. The van der Waals surface area contributed by atoms with E-state index in [2.05, 4.69) is 18.8 Å². The van der Waals surface area contributed by atoms with Crippen LogP contribution in [0.5, 0.6) is 0 Å². The van der Waals surface area contributed by atoms with Crippen molar-refractivity contribution in [2.24, 2.45) is 0 Å². The second-order valence-corrected chi connectivity index (χ2v) is 8.12. The van der Waals surface area contributed by atoms with Crippen LogP contribution >= 0.6 is 11.6 Å². The van der Waals surface area contributed by atoms with Gasteiger partial charge in [-0.1, -0.05) is 69.3 Å². The zero-order valence-corrected chi connectivity index (χ0v) is 20.9. The standard InChI is InChI=1S/C18H29N3O2.C8H9Cl/c1-6-9-17(16(5)22)21-14(3)12-20(13-15(21)4)18(23)10-8-11-19-7-2;1-2-7-5-3-4-6-8(7)9/h8-10,15,19H,3,6-7,11-13H2,1-2,4-5H3;3-6H,2H2,1H3/b10-8+,17-9-;. The number of nitrogens with zero attached hydrogens (tertiary/aromatic N) is 2. The highest BCUT2D eigenvalue weighted by molar-refractivity contribution is 6.31.